The predicted molar refractivity (Wildman–Crippen MR) is 132 cm³/mol. The van der Waals surface area contributed by atoms with E-state index in [1.165, 1.54) is 4.31 Å². The number of hydrogen-bond donors (Lipinski definition) is 1. The van der Waals surface area contributed by atoms with Crippen LogP contribution in [-0.4, -0.2) is 55.1 Å². The van der Waals surface area contributed by atoms with Crippen LogP contribution in [0.1, 0.15) is 42.4 Å². The van der Waals surface area contributed by atoms with E-state index < -0.39 is 16.1 Å². The summed E-state index contributed by atoms with van der Waals surface area (Å²) in [5.41, 5.74) is 3.90. The van der Waals surface area contributed by atoms with Gasteiger partial charge in [-0.25, -0.2) is 8.42 Å². The lowest BCUT2D eigenvalue weighted by Gasteiger charge is -2.34. The quantitative estimate of drug-likeness (QED) is 0.703. The number of sulfonamides is 1. The number of carbonyl (C=O) groups is 2. The largest absolute Gasteiger partial charge is 0.330 e. The zero-order valence-corrected chi connectivity index (χ0v) is 20.9. The molecule has 1 unspecified atom stereocenters. The van der Waals surface area contributed by atoms with Crippen molar-refractivity contribution in [1.29, 1.82) is 0 Å². The molecule has 0 radical (unpaired) electrons. The lowest BCUT2D eigenvalue weighted by molar-refractivity contribution is -0.141. The third-order valence-electron chi connectivity index (χ3n) is 7.16. The van der Waals surface area contributed by atoms with E-state index in [0.717, 1.165) is 28.8 Å². The summed E-state index contributed by atoms with van der Waals surface area (Å²) in [5.74, 6) is -0.455. The van der Waals surface area contributed by atoms with E-state index in [2.05, 4.69) is 5.32 Å². The van der Waals surface area contributed by atoms with E-state index in [1.54, 1.807) is 29.2 Å². The molecule has 1 atom stereocenters. The van der Waals surface area contributed by atoms with Crippen molar-refractivity contribution in [2.75, 3.05) is 25.0 Å². The molecule has 182 valence electrons. The van der Waals surface area contributed by atoms with Gasteiger partial charge in [0, 0.05) is 31.2 Å². The molecule has 8 heteroatoms. The van der Waals surface area contributed by atoms with Gasteiger partial charge < -0.3 is 10.2 Å². The van der Waals surface area contributed by atoms with E-state index in [9.17, 15) is 18.0 Å². The van der Waals surface area contributed by atoms with Crippen molar-refractivity contribution in [2.45, 2.75) is 57.4 Å². The van der Waals surface area contributed by atoms with Crippen molar-refractivity contribution in [3.8, 4) is 0 Å². The average Bonchev–Trinajstić information content (AvgIpc) is 3.32. The SMILES string of the molecule is Cc1ccc(S(=O)(=O)N2CCC(C(=O)N3CCCC3C(=O)Nc3cccc(C)c3C)CC2)cc1. The van der Waals surface area contributed by atoms with E-state index in [1.807, 2.05) is 39.0 Å². The van der Waals surface area contributed by atoms with Crippen molar-refractivity contribution >= 4 is 27.5 Å². The van der Waals surface area contributed by atoms with Gasteiger partial charge >= 0.3 is 0 Å². The molecule has 2 amide bonds. The van der Waals surface area contributed by atoms with Crippen LogP contribution in [0.4, 0.5) is 5.69 Å². The Bertz CT molecular complexity index is 1170. The molecule has 0 spiro atoms. The standard InChI is InChI=1S/C26H33N3O4S/c1-18-9-11-22(12-10-18)34(32,33)28-16-13-21(14-17-28)26(31)29-15-5-8-24(29)25(30)27-23-7-4-6-19(2)20(23)3/h4,6-7,9-12,21,24H,5,8,13-17H2,1-3H3,(H,27,30). The zero-order chi connectivity index (χ0) is 24.5. The third-order valence-corrected chi connectivity index (χ3v) is 9.08. The molecule has 34 heavy (non-hydrogen) atoms. The number of hydrogen-bond acceptors (Lipinski definition) is 4. The van der Waals surface area contributed by atoms with Crippen molar-refractivity contribution in [1.82, 2.24) is 9.21 Å². The fourth-order valence-electron chi connectivity index (χ4n) is 4.84. The zero-order valence-electron chi connectivity index (χ0n) is 20.1. The molecule has 2 heterocycles. The summed E-state index contributed by atoms with van der Waals surface area (Å²) in [7, 11) is -3.57. The molecule has 1 N–H and O–H groups in total. The first-order valence-electron chi connectivity index (χ1n) is 11.9. The maximum absolute atomic E-state index is 13.3. The maximum atomic E-state index is 13.3. The number of anilines is 1. The van der Waals surface area contributed by atoms with Crippen LogP contribution in [0.3, 0.4) is 0 Å². The van der Waals surface area contributed by atoms with Gasteiger partial charge in [-0.2, -0.15) is 4.31 Å². The van der Waals surface area contributed by atoms with Crippen LogP contribution in [0.15, 0.2) is 47.4 Å². The Morgan fingerprint density at radius 3 is 2.26 bits per heavy atom. The molecule has 0 saturated carbocycles. The first-order valence-corrected chi connectivity index (χ1v) is 13.4. The summed E-state index contributed by atoms with van der Waals surface area (Å²) in [5, 5.41) is 3.01. The summed E-state index contributed by atoms with van der Waals surface area (Å²) in [6, 6.07) is 12.2. The fraction of sp³-hybridized carbons (Fsp3) is 0.462. The second kappa shape index (κ2) is 9.88. The lowest BCUT2D eigenvalue weighted by Crippen LogP contribution is -2.48. The number of likely N-dealkylation sites (tertiary alicyclic amines) is 1. The van der Waals surface area contributed by atoms with Gasteiger partial charge in [-0.3, -0.25) is 9.59 Å². The third kappa shape index (κ3) is 4.88. The Hall–Kier alpha value is -2.71. The molecule has 7 nitrogen and oxygen atoms in total. The minimum absolute atomic E-state index is 0.0361. The molecule has 2 aliphatic rings. The van der Waals surface area contributed by atoms with E-state index in [-0.39, 0.29) is 22.6 Å². The van der Waals surface area contributed by atoms with Crippen LogP contribution in [-0.2, 0) is 19.6 Å². The number of carbonyl (C=O) groups excluding carboxylic acids is 2. The predicted octanol–water partition coefficient (Wildman–Crippen LogP) is 3.64. The smallest absolute Gasteiger partial charge is 0.247 e. The highest BCUT2D eigenvalue weighted by Crippen LogP contribution is 2.29. The van der Waals surface area contributed by atoms with Crippen molar-refractivity contribution in [3.05, 3.63) is 59.2 Å². The van der Waals surface area contributed by atoms with E-state index >= 15 is 0 Å². The molecule has 0 aromatic heterocycles. The molecule has 4 rings (SSSR count). The van der Waals surface area contributed by atoms with Gasteiger partial charge in [0.25, 0.3) is 0 Å². The normalized spacial score (nSPS) is 19.9. The van der Waals surface area contributed by atoms with Crippen molar-refractivity contribution in [3.63, 3.8) is 0 Å². The van der Waals surface area contributed by atoms with Crippen molar-refractivity contribution in [2.24, 2.45) is 5.92 Å². The monoisotopic (exact) mass is 483 g/mol. The molecule has 0 aliphatic carbocycles. The minimum atomic E-state index is -3.57. The lowest BCUT2D eigenvalue weighted by atomic mass is 9.96. The van der Waals surface area contributed by atoms with Gasteiger partial charge in [0.1, 0.15) is 6.04 Å². The van der Waals surface area contributed by atoms with Crippen molar-refractivity contribution < 1.29 is 18.0 Å². The highest BCUT2D eigenvalue weighted by molar-refractivity contribution is 7.89. The number of nitrogens with one attached hydrogen (secondary N) is 1. The highest BCUT2D eigenvalue weighted by Gasteiger charge is 2.39. The summed E-state index contributed by atoms with van der Waals surface area (Å²) in [6.07, 6.45) is 2.36. The molecule has 2 fully saturated rings. The molecule has 2 aromatic rings. The number of piperidine rings is 1. The van der Waals surface area contributed by atoms with Crippen LogP contribution >= 0.6 is 0 Å². The number of nitrogens with zero attached hydrogens (tertiary/aromatic N) is 2. The van der Waals surface area contributed by atoms with Gasteiger partial charge in [-0.1, -0.05) is 29.8 Å². The number of amides is 2. The van der Waals surface area contributed by atoms with Gasteiger partial charge in [-0.05, 0) is 75.8 Å². The maximum Gasteiger partial charge on any atom is 0.247 e. The van der Waals surface area contributed by atoms with Gasteiger partial charge in [0.15, 0.2) is 0 Å². The van der Waals surface area contributed by atoms with Gasteiger partial charge in [-0.15, -0.1) is 0 Å². The van der Waals surface area contributed by atoms with Gasteiger partial charge in [0.05, 0.1) is 4.90 Å². The number of rotatable bonds is 5. The second-order valence-corrected chi connectivity index (χ2v) is 11.4. The summed E-state index contributed by atoms with van der Waals surface area (Å²) in [4.78, 5) is 28.4. The Morgan fingerprint density at radius 1 is 0.912 bits per heavy atom. The first kappa shape index (κ1) is 24.4. The Labute approximate surface area is 202 Å². The van der Waals surface area contributed by atoms with Gasteiger partial charge in [0.2, 0.25) is 21.8 Å². The van der Waals surface area contributed by atoms with E-state index in [4.69, 9.17) is 0 Å². The number of benzene rings is 2. The topological polar surface area (TPSA) is 86.8 Å². The molecular formula is C26H33N3O4S. The Balaban J connectivity index is 1.39. The minimum Gasteiger partial charge on any atom is -0.330 e. The Kier molecular flexibility index (Phi) is 7.09. The van der Waals surface area contributed by atoms with Crippen LogP contribution in [0.25, 0.3) is 0 Å². The number of aryl methyl sites for hydroxylation is 2. The summed E-state index contributed by atoms with van der Waals surface area (Å²) in [6.45, 7) is 7.06. The molecule has 0 bridgehead atoms. The molecule has 2 aliphatic heterocycles. The second-order valence-electron chi connectivity index (χ2n) is 9.42. The molecular weight excluding hydrogens is 450 g/mol. The summed E-state index contributed by atoms with van der Waals surface area (Å²) >= 11 is 0. The van der Waals surface area contributed by atoms with Crippen LogP contribution in [0, 0.1) is 26.7 Å². The van der Waals surface area contributed by atoms with E-state index in [0.29, 0.717) is 38.9 Å². The average molecular weight is 484 g/mol. The van der Waals surface area contributed by atoms with Crippen LogP contribution in [0.2, 0.25) is 0 Å². The van der Waals surface area contributed by atoms with Crippen LogP contribution in [0.5, 0.6) is 0 Å². The summed E-state index contributed by atoms with van der Waals surface area (Å²) < 4.78 is 27.4. The fourth-order valence-corrected chi connectivity index (χ4v) is 6.31. The first-order chi connectivity index (χ1) is 16.2. The molecule has 2 aromatic carbocycles. The molecule has 2 saturated heterocycles. The Morgan fingerprint density at radius 2 is 1.59 bits per heavy atom. The van der Waals surface area contributed by atoms with Crippen LogP contribution < -0.4 is 5.32 Å². The highest BCUT2D eigenvalue weighted by atomic mass is 32.2.